The summed E-state index contributed by atoms with van der Waals surface area (Å²) in [5.41, 5.74) is 3.37. The molecule has 4 heterocycles. The van der Waals surface area contributed by atoms with Gasteiger partial charge in [0.25, 0.3) is 5.91 Å². The third kappa shape index (κ3) is 3.27. The maximum absolute atomic E-state index is 12.9. The van der Waals surface area contributed by atoms with Crippen molar-refractivity contribution in [3.8, 4) is 0 Å². The molecule has 1 aromatic rings. The summed E-state index contributed by atoms with van der Waals surface area (Å²) in [5.74, 6) is 0.355. The lowest BCUT2D eigenvalue weighted by Crippen LogP contribution is -2.46. The predicted molar refractivity (Wildman–Crippen MR) is 91.5 cm³/mol. The molecule has 2 amide bonds. The maximum Gasteiger partial charge on any atom is 0.251 e. The van der Waals surface area contributed by atoms with Crippen molar-refractivity contribution in [1.29, 1.82) is 0 Å². The number of carbonyl (C=O) groups excluding carboxylic acids is 2. The number of piperidine rings is 1. The fourth-order valence-electron chi connectivity index (χ4n) is 4.14. The summed E-state index contributed by atoms with van der Waals surface area (Å²) in [6.07, 6.45) is 4.94. The molecule has 0 aliphatic carbocycles. The molecule has 1 aromatic heterocycles. The second kappa shape index (κ2) is 6.75. The van der Waals surface area contributed by atoms with Crippen LogP contribution in [-0.4, -0.2) is 52.4 Å². The number of carbonyl (C=O) groups is 2. The van der Waals surface area contributed by atoms with Gasteiger partial charge in [-0.3, -0.25) is 14.6 Å². The molecule has 1 atom stereocenters. The topological polar surface area (TPSA) is 62.7 Å². The third-order valence-electron chi connectivity index (χ3n) is 5.61. The van der Waals surface area contributed by atoms with Crippen molar-refractivity contribution in [3.63, 3.8) is 0 Å². The van der Waals surface area contributed by atoms with Crippen LogP contribution in [0.2, 0.25) is 0 Å². The summed E-state index contributed by atoms with van der Waals surface area (Å²) in [5, 5.41) is 0. The standard InChI is InChI=1S/C19H25N3O3/c1-13-9-15-11-22(12-16(15)10-20-13)18(23)14-4-6-21(7-5-14)19(24)17-3-2-8-25-17/h9-10,14,17H,2-8,11-12H2,1H3/t17-/m1/s1. The molecule has 3 aliphatic rings. The van der Waals surface area contributed by atoms with E-state index in [0.717, 1.165) is 36.9 Å². The van der Waals surface area contributed by atoms with Gasteiger partial charge in [0.1, 0.15) is 6.10 Å². The Bertz CT molecular complexity index is 676. The van der Waals surface area contributed by atoms with Crippen LogP contribution in [0.3, 0.4) is 0 Å². The van der Waals surface area contributed by atoms with E-state index >= 15 is 0 Å². The number of amides is 2. The van der Waals surface area contributed by atoms with Crippen LogP contribution >= 0.6 is 0 Å². The van der Waals surface area contributed by atoms with Gasteiger partial charge in [0, 0.05) is 50.6 Å². The first kappa shape index (κ1) is 16.5. The number of pyridine rings is 1. The van der Waals surface area contributed by atoms with E-state index in [-0.39, 0.29) is 23.8 Å². The van der Waals surface area contributed by atoms with E-state index in [9.17, 15) is 9.59 Å². The van der Waals surface area contributed by atoms with Gasteiger partial charge >= 0.3 is 0 Å². The van der Waals surface area contributed by atoms with E-state index in [1.165, 1.54) is 5.56 Å². The van der Waals surface area contributed by atoms with Crippen molar-refractivity contribution in [2.24, 2.45) is 5.92 Å². The first-order chi connectivity index (χ1) is 12.1. The van der Waals surface area contributed by atoms with Gasteiger partial charge in [-0.25, -0.2) is 0 Å². The van der Waals surface area contributed by atoms with E-state index in [0.29, 0.717) is 32.8 Å². The molecule has 3 aliphatic heterocycles. The minimum Gasteiger partial charge on any atom is -0.368 e. The average Bonchev–Trinajstić information content (AvgIpc) is 3.30. The van der Waals surface area contributed by atoms with E-state index in [2.05, 4.69) is 11.1 Å². The number of hydrogen-bond donors (Lipinski definition) is 0. The Labute approximate surface area is 148 Å². The van der Waals surface area contributed by atoms with Crippen molar-refractivity contribution in [3.05, 3.63) is 29.1 Å². The quantitative estimate of drug-likeness (QED) is 0.819. The molecule has 25 heavy (non-hydrogen) atoms. The number of nitrogens with zero attached hydrogens (tertiary/aromatic N) is 3. The molecule has 0 unspecified atom stereocenters. The van der Waals surface area contributed by atoms with Crippen LogP contribution in [0.5, 0.6) is 0 Å². The van der Waals surface area contributed by atoms with Crippen LogP contribution in [0, 0.1) is 12.8 Å². The van der Waals surface area contributed by atoms with Gasteiger partial charge in [-0.05, 0) is 49.8 Å². The molecule has 4 rings (SSSR count). The summed E-state index contributed by atoms with van der Waals surface area (Å²) in [7, 11) is 0. The third-order valence-corrected chi connectivity index (χ3v) is 5.61. The van der Waals surface area contributed by atoms with Crippen molar-refractivity contribution < 1.29 is 14.3 Å². The zero-order valence-electron chi connectivity index (χ0n) is 14.7. The number of aromatic nitrogens is 1. The lowest BCUT2D eigenvalue weighted by atomic mass is 9.95. The number of aryl methyl sites for hydroxylation is 1. The van der Waals surface area contributed by atoms with Gasteiger partial charge < -0.3 is 14.5 Å². The number of rotatable bonds is 2. The summed E-state index contributed by atoms with van der Waals surface area (Å²) in [6.45, 7) is 5.34. The fraction of sp³-hybridized carbons (Fsp3) is 0.632. The monoisotopic (exact) mass is 343 g/mol. The molecule has 0 saturated carbocycles. The van der Waals surface area contributed by atoms with Crippen molar-refractivity contribution in [2.75, 3.05) is 19.7 Å². The maximum atomic E-state index is 12.9. The highest BCUT2D eigenvalue weighted by atomic mass is 16.5. The molecule has 6 nitrogen and oxygen atoms in total. The van der Waals surface area contributed by atoms with Crippen LogP contribution < -0.4 is 0 Å². The number of ether oxygens (including phenoxy) is 1. The van der Waals surface area contributed by atoms with Gasteiger partial charge in [0.15, 0.2) is 0 Å². The summed E-state index contributed by atoms with van der Waals surface area (Å²) < 4.78 is 5.50. The molecule has 0 spiro atoms. The first-order valence-electron chi connectivity index (χ1n) is 9.25. The molecule has 134 valence electrons. The molecule has 2 saturated heterocycles. The van der Waals surface area contributed by atoms with E-state index < -0.39 is 0 Å². The van der Waals surface area contributed by atoms with Crippen LogP contribution in [0.1, 0.15) is 42.5 Å². The molecule has 0 aromatic carbocycles. The molecule has 0 bridgehead atoms. The second-order valence-corrected chi connectivity index (χ2v) is 7.39. The van der Waals surface area contributed by atoms with E-state index in [1.54, 1.807) is 0 Å². The summed E-state index contributed by atoms with van der Waals surface area (Å²) in [6, 6.07) is 2.07. The average molecular weight is 343 g/mol. The van der Waals surface area contributed by atoms with Crippen LogP contribution in [0.4, 0.5) is 0 Å². The molecular weight excluding hydrogens is 318 g/mol. The highest BCUT2D eigenvalue weighted by Gasteiger charge is 2.35. The minimum absolute atomic E-state index is 0.0249. The lowest BCUT2D eigenvalue weighted by molar-refractivity contribution is -0.146. The fourth-order valence-corrected chi connectivity index (χ4v) is 4.14. The Hall–Kier alpha value is -1.95. The van der Waals surface area contributed by atoms with Crippen LogP contribution in [0.15, 0.2) is 12.3 Å². The minimum atomic E-state index is -0.254. The van der Waals surface area contributed by atoms with Crippen molar-refractivity contribution >= 4 is 11.8 Å². The Balaban J connectivity index is 1.32. The van der Waals surface area contributed by atoms with Crippen molar-refractivity contribution in [2.45, 2.75) is 51.8 Å². The lowest BCUT2D eigenvalue weighted by Gasteiger charge is -2.34. The Morgan fingerprint density at radius 3 is 2.56 bits per heavy atom. The summed E-state index contributed by atoms with van der Waals surface area (Å²) >= 11 is 0. The molecule has 0 radical (unpaired) electrons. The molecular formula is C19H25N3O3. The van der Waals surface area contributed by atoms with Gasteiger partial charge in [-0.1, -0.05) is 0 Å². The van der Waals surface area contributed by atoms with Gasteiger partial charge in [-0.2, -0.15) is 0 Å². The molecule has 6 heteroatoms. The van der Waals surface area contributed by atoms with Gasteiger partial charge in [0.05, 0.1) is 0 Å². The number of likely N-dealkylation sites (tertiary alicyclic amines) is 1. The molecule has 0 N–H and O–H groups in total. The predicted octanol–water partition coefficient (Wildman–Crippen LogP) is 1.65. The largest absolute Gasteiger partial charge is 0.368 e. The zero-order chi connectivity index (χ0) is 17.4. The Morgan fingerprint density at radius 1 is 1.08 bits per heavy atom. The molecule has 2 fully saturated rings. The normalized spacial score (nSPS) is 23.8. The van der Waals surface area contributed by atoms with E-state index in [1.807, 2.05) is 22.9 Å². The highest BCUT2D eigenvalue weighted by molar-refractivity contribution is 5.82. The second-order valence-electron chi connectivity index (χ2n) is 7.39. The zero-order valence-corrected chi connectivity index (χ0v) is 14.7. The number of hydrogen-bond acceptors (Lipinski definition) is 4. The highest BCUT2D eigenvalue weighted by Crippen LogP contribution is 2.28. The number of fused-ring (bicyclic) bond motifs is 1. The van der Waals surface area contributed by atoms with E-state index in [4.69, 9.17) is 4.74 Å². The van der Waals surface area contributed by atoms with Gasteiger partial charge in [0.2, 0.25) is 5.91 Å². The van der Waals surface area contributed by atoms with Crippen molar-refractivity contribution in [1.82, 2.24) is 14.8 Å². The van der Waals surface area contributed by atoms with Crippen LogP contribution in [-0.2, 0) is 27.4 Å². The van der Waals surface area contributed by atoms with Gasteiger partial charge in [-0.15, -0.1) is 0 Å². The Kier molecular flexibility index (Phi) is 4.46. The summed E-state index contributed by atoms with van der Waals surface area (Å²) in [4.78, 5) is 33.4. The smallest absolute Gasteiger partial charge is 0.251 e. The first-order valence-corrected chi connectivity index (χ1v) is 9.25. The van der Waals surface area contributed by atoms with Crippen LogP contribution in [0.25, 0.3) is 0 Å². The Morgan fingerprint density at radius 2 is 1.84 bits per heavy atom. The SMILES string of the molecule is Cc1cc2c(cn1)CN(C(=O)C1CCN(C(=O)[C@H]3CCCO3)CC1)C2.